The van der Waals surface area contributed by atoms with Crippen molar-refractivity contribution in [2.24, 2.45) is 5.92 Å². The second-order valence-electron chi connectivity index (χ2n) is 4.67. The molecule has 1 aromatic rings. The van der Waals surface area contributed by atoms with Gasteiger partial charge in [-0.25, -0.2) is 9.97 Å². The number of hydrogen-bond donors (Lipinski definition) is 1. The van der Waals surface area contributed by atoms with Crippen molar-refractivity contribution in [1.29, 1.82) is 0 Å². The van der Waals surface area contributed by atoms with Crippen LogP contribution in [-0.4, -0.2) is 23.1 Å². The molecular weight excluding hydrogens is 214 g/mol. The smallest absolute Gasteiger partial charge is 0.222 e. The Kier molecular flexibility index (Phi) is 5.19. The summed E-state index contributed by atoms with van der Waals surface area (Å²) in [4.78, 5) is 8.43. The van der Waals surface area contributed by atoms with Crippen molar-refractivity contribution in [3.63, 3.8) is 0 Å². The van der Waals surface area contributed by atoms with Gasteiger partial charge in [0.25, 0.3) is 0 Å². The van der Waals surface area contributed by atoms with Gasteiger partial charge in [0, 0.05) is 7.05 Å². The van der Waals surface area contributed by atoms with Crippen LogP contribution >= 0.6 is 0 Å². The Morgan fingerprint density at radius 3 is 2.53 bits per heavy atom. The quantitative estimate of drug-likeness (QED) is 0.826. The molecule has 0 spiro atoms. The Hall–Kier alpha value is -1.32. The number of anilines is 1. The highest BCUT2D eigenvalue weighted by Crippen LogP contribution is 2.24. The summed E-state index contributed by atoms with van der Waals surface area (Å²) in [5, 5.41) is 3.07. The molecule has 1 atom stereocenters. The van der Waals surface area contributed by atoms with Crippen LogP contribution in [0.1, 0.15) is 39.7 Å². The van der Waals surface area contributed by atoms with Gasteiger partial charge in [0.2, 0.25) is 5.88 Å². The molecule has 1 aromatic heterocycles. The average Bonchev–Trinajstić information content (AvgIpc) is 2.27. The summed E-state index contributed by atoms with van der Waals surface area (Å²) in [5.74, 6) is 2.19. The van der Waals surface area contributed by atoms with Gasteiger partial charge in [0.05, 0.1) is 11.7 Å². The molecule has 0 fully saturated rings. The van der Waals surface area contributed by atoms with Crippen molar-refractivity contribution in [1.82, 2.24) is 9.97 Å². The summed E-state index contributed by atoms with van der Waals surface area (Å²) in [6.07, 6.45) is 3.62. The van der Waals surface area contributed by atoms with Gasteiger partial charge >= 0.3 is 0 Å². The minimum absolute atomic E-state index is 0.180. The van der Waals surface area contributed by atoms with Crippen LogP contribution in [-0.2, 0) is 6.42 Å². The summed E-state index contributed by atoms with van der Waals surface area (Å²) >= 11 is 0. The van der Waals surface area contributed by atoms with E-state index in [0.717, 1.165) is 24.2 Å². The Morgan fingerprint density at radius 1 is 1.29 bits per heavy atom. The van der Waals surface area contributed by atoms with Crippen molar-refractivity contribution >= 4 is 5.82 Å². The molecule has 1 unspecified atom stereocenters. The van der Waals surface area contributed by atoms with Crippen molar-refractivity contribution < 1.29 is 4.74 Å². The zero-order valence-corrected chi connectivity index (χ0v) is 11.4. The Bertz CT molecular complexity index is 353. The van der Waals surface area contributed by atoms with E-state index in [0.29, 0.717) is 11.8 Å². The van der Waals surface area contributed by atoms with Crippen LogP contribution in [0, 0.1) is 5.92 Å². The molecule has 0 aliphatic heterocycles. The van der Waals surface area contributed by atoms with Crippen molar-refractivity contribution in [3.05, 3.63) is 11.9 Å². The highest BCUT2D eigenvalue weighted by atomic mass is 16.5. The molecule has 0 aliphatic carbocycles. The molecule has 1 N–H and O–H groups in total. The third-order valence-electron chi connectivity index (χ3n) is 2.61. The van der Waals surface area contributed by atoms with Crippen LogP contribution in [0.2, 0.25) is 0 Å². The minimum atomic E-state index is 0.180. The minimum Gasteiger partial charge on any atom is -0.474 e. The lowest BCUT2D eigenvalue weighted by molar-refractivity contribution is 0.183. The topological polar surface area (TPSA) is 47.0 Å². The van der Waals surface area contributed by atoms with Crippen molar-refractivity contribution in [3.8, 4) is 5.88 Å². The number of nitrogens with one attached hydrogen (secondary N) is 1. The normalized spacial score (nSPS) is 12.6. The number of nitrogens with zero attached hydrogens (tertiary/aromatic N) is 2. The second kappa shape index (κ2) is 6.42. The van der Waals surface area contributed by atoms with E-state index < -0.39 is 0 Å². The Labute approximate surface area is 104 Å². The zero-order chi connectivity index (χ0) is 12.8. The fourth-order valence-corrected chi connectivity index (χ4v) is 1.93. The molecule has 96 valence electrons. The monoisotopic (exact) mass is 237 g/mol. The Morgan fingerprint density at radius 2 is 2.00 bits per heavy atom. The first-order chi connectivity index (χ1) is 8.08. The standard InChI is InChI=1S/C13H23N3O/c1-6-11-12(14-5)15-8-16-13(11)17-10(4)7-9(2)3/h8-10H,6-7H2,1-5H3,(H,14,15,16). The van der Waals surface area contributed by atoms with Gasteiger partial charge < -0.3 is 10.1 Å². The van der Waals surface area contributed by atoms with E-state index in [-0.39, 0.29) is 6.10 Å². The lowest BCUT2D eigenvalue weighted by Crippen LogP contribution is -2.17. The predicted octanol–water partition coefficient (Wildman–Crippen LogP) is 2.89. The van der Waals surface area contributed by atoms with Crippen LogP contribution in [0.4, 0.5) is 5.82 Å². The fraction of sp³-hybridized carbons (Fsp3) is 0.692. The van der Waals surface area contributed by atoms with E-state index in [1.54, 1.807) is 6.33 Å². The van der Waals surface area contributed by atoms with E-state index >= 15 is 0 Å². The van der Waals surface area contributed by atoms with E-state index in [1.807, 2.05) is 7.05 Å². The van der Waals surface area contributed by atoms with Crippen LogP contribution in [0.15, 0.2) is 6.33 Å². The van der Waals surface area contributed by atoms with E-state index in [4.69, 9.17) is 4.74 Å². The average molecular weight is 237 g/mol. The van der Waals surface area contributed by atoms with Gasteiger partial charge in [0.15, 0.2) is 0 Å². The molecular formula is C13H23N3O. The molecule has 0 bridgehead atoms. The summed E-state index contributed by atoms with van der Waals surface area (Å²) in [6.45, 7) is 8.55. The molecule has 4 heteroatoms. The van der Waals surface area contributed by atoms with Gasteiger partial charge in [-0.3, -0.25) is 0 Å². The summed E-state index contributed by atoms with van der Waals surface area (Å²) < 4.78 is 5.90. The van der Waals surface area contributed by atoms with E-state index in [1.165, 1.54) is 0 Å². The fourth-order valence-electron chi connectivity index (χ4n) is 1.93. The maximum absolute atomic E-state index is 5.90. The van der Waals surface area contributed by atoms with Gasteiger partial charge in [-0.2, -0.15) is 0 Å². The van der Waals surface area contributed by atoms with Crippen molar-refractivity contribution in [2.45, 2.75) is 46.6 Å². The third kappa shape index (κ3) is 3.88. The summed E-state index contributed by atoms with van der Waals surface area (Å²) in [6, 6.07) is 0. The number of ether oxygens (including phenoxy) is 1. The van der Waals surface area contributed by atoms with Gasteiger partial charge in [0.1, 0.15) is 12.1 Å². The lowest BCUT2D eigenvalue weighted by atomic mass is 10.1. The number of hydrogen-bond acceptors (Lipinski definition) is 4. The first-order valence-electron chi connectivity index (χ1n) is 6.26. The molecule has 17 heavy (non-hydrogen) atoms. The zero-order valence-electron chi connectivity index (χ0n) is 11.4. The molecule has 0 aliphatic rings. The van der Waals surface area contributed by atoms with Crippen molar-refractivity contribution in [2.75, 3.05) is 12.4 Å². The summed E-state index contributed by atoms with van der Waals surface area (Å²) in [5.41, 5.74) is 1.05. The highest BCUT2D eigenvalue weighted by Gasteiger charge is 2.13. The predicted molar refractivity (Wildman–Crippen MR) is 70.5 cm³/mol. The van der Waals surface area contributed by atoms with E-state index in [9.17, 15) is 0 Å². The van der Waals surface area contributed by atoms with Gasteiger partial charge in [-0.05, 0) is 25.7 Å². The molecule has 0 saturated heterocycles. The molecule has 1 rings (SSSR count). The summed E-state index contributed by atoms with van der Waals surface area (Å²) in [7, 11) is 1.86. The SMILES string of the molecule is CCc1c(NC)ncnc1OC(C)CC(C)C. The van der Waals surface area contributed by atoms with Crippen LogP contribution < -0.4 is 10.1 Å². The van der Waals surface area contributed by atoms with Crippen LogP contribution in [0.5, 0.6) is 5.88 Å². The first-order valence-corrected chi connectivity index (χ1v) is 6.26. The molecule has 0 amide bonds. The molecule has 0 aromatic carbocycles. The van der Waals surface area contributed by atoms with Crippen LogP contribution in [0.3, 0.4) is 0 Å². The largest absolute Gasteiger partial charge is 0.474 e. The second-order valence-corrected chi connectivity index (χ2v) is 4.67. The Balaban J connectivity index is 2.83. The first kappa shape index (κ1) is 13.7. The third-order valence-corrected chi connectivity index (χ3v) is 2.61. The molecule has 1 heterocycles. The number of rotatable bonds is 6. The van der Waals surface area contributed by atoms with Gasteiger partial charge in [-0.15, -0.1) is 0 Å². The molecule has 4 nitrogen and oxygen atoms in total. The maximum Gasteiger partial charge on any atom is 0.222 e. The maximum atomic E-state index is 5.90. The molecule has 0 radical (unpaired) electrons. The van der Waals surface area contributed by atoms with Gasteiger partial charge in [-0.1, -0.05) is 20.8 Å². The number of aromatic nitrogens is 2. The lowest BCUT2D eigenvalue weighted by Gasteiger charge is -2.18. The highest BCUT2D eigenvalue weighted by molar-refractivity contribution is 5.48. The molecule has 0 saturated carbocycles. The van der Waals surface area contributed by atoms with Crippen LogP contribution in [0.25, 0.3) is 0 Å². The van der Waals surface area contributed by atoms with E-state index in [2.05, 4.69) is 43.0 Å².